The van der Waals surface area contributed by atoms with Gasteiger partial charge in [0, 0.05) is 12.6 Å². The Morgan fingerprint density at radius 2 is 2.29 bits per heavy atom. The molecule has 17 heavy (non-hydrogen) atoms. The van der Waals surface area contributed by atoms with Crippen LogP contribution in [-0.2, 0) is 17.9 Å². The van der Waals surface area contributed by atoms with Crippen LogP contribution in [0.25, 0.3) is 0 Å². The quantitative estimate of drug-likeness (QED) is 0.718. The van der Waals surface area contributed by atoms with Gasteiger partial charge >= 0.3 is 0 Å². The maximum absolute atomic E-state index is 11.5. The Morgan fingerprint density at radius 3 is 2.94 bits per heavy atom. The standard InChI is InChI=1S/C11H21N5O/c1-4-9(3)12-7-11(17)13-6-10-15-14-8-16(10)5-2/h8-9,12H,4-7H2,1-3H3,(H,13,17). The zero-order chi connectivity index (χ0) is 12.7. The molecular weight excluding hydrogens is 218 g/mol. The molecule has 0 radical (unpaired) electrons. The van der Waals surface area contributed by atoms with Crippen LogP contribution in [0.5, 0.6) is 0 Å². The van der Waals surface area contributed by atoms with Crippen molar-refractivity contribution in [2.45, 2.75) is 46.3 Å². The zero-order valence-corrected chi connectivity index (χ0v) is 10.7. The van der Waals surface area contributed by atoms with Crippen LogP contribution in [0, 0.1) is 0 Å². The first-order chi connectivity index (χ1) is 8.17. The second-order valence-electron chi connectivity index (χ2n) is 4.00. The second-order valence-corrected chi connectivity index (χ2v) is 4.00. The summed E-state index contributed by atoms with van der Waals surface area (Å²) in [5.74, 6) is 0.764. The lowest BCUT2D eigenvalue weighted by molar-refractivity contribution is -0.120. The molecule has 1 aromatic rings. The normalized spacial score (nSPS) is 12.4. The van der Waals surface area contributed by atoms with E-state index in [9.17, 15) is 4.79 Å². The molecule has 1 unspecified atom stereocenters. The summed E-state index contributed by atoms with van der Waals surface area (Å²) in [6, 6.07) is 0.361. The minimum atomic E-state index is -0.0176. The Balaban J connectivity index is 2.28. The van der Waals surface area contributed by atoms with Gasteiger partial charge in [-0.1, -0.05) is 6.92 Å². The third-order valence-corrected chi connectivity index (χ3v) is 2.70. The lowest BCUT2D eigenvalue weighted by Crippen LogP contribution is -2.37. The number of amides is 1. The molecule has 1 amide bonds. The van der Waals surface area contributed by atoms with E-state index in [2.05, 4.69) is 34.7 Å². The predicted molar refractivity (Wildman–Crippen MR) is 65.3 cm³/mol. The molecule has 2 N–H and O–H groups in total. The van der Waals surface area contributed by atoms with Gasteiger partial charge < -0.3 is 15.2 Å². The largest absolute Gasteiger partial charge is 0.348 e. The molecule has 1 aromatic heterocycles. The summed E-state index contributed by atoms with van der Waals surface area (Å²) < 4.78 is 1.91. The highest BCUT2D eigenvalue weighted by molar-refractivity contribution is 5.77. The van der Waals surface area contributed by atoms with E-state index in [-0.39, 0.29) is 5.91 Å². The summed E-state index contributed by atoms with van der Waals surface area (Å²) in [5.41, 5.74) is 0. The number of hydrogen-bond acceptors (Lipinski definition) is 4. The predicted octanol–water partition coefficient (Wildman–Crippen LogP) is 0.302. The van der Waals surface area contributed by atoms with Crippen molar-refractivity contribution in [1.29, 1.82) is 0 Å². The highest BCUT2D eigenvalue weighted by Gasteiger charge is 2.06. The van der Waals surface area contributed by atoms with Gasteiger partial charge in [0.1, 0.15) is 6.33 Å². The second kappa shape index (κ2) is 7.01. The van der Waals surface area contributed by atoms with Gasteiger partial charge in [-0.25, -0.2) is 0 Å². The summed E-state index contributed by atoms with van der Waals surface area (Å²) in [6.45, 7) is 7.73. The van der Waals surface area contributed by atoms with Gasteiger partial charge in [-0.05, 0) is 20.3 Å². The molecule has 0 fully saturated rings. The molecule has 96 valence electrons. The third-order valence-electron chi connectivity index (χ3n) is 2.70. The SMILES string of the molecule is CCC(C)NCC(=O)NCc1nncn1CC. The van der Waals surface area contributed by atoms with Crippen molar-refractivity contribution < 1.29 is 4.79 Å². The minimum absolute atomic E-state index is 0.0176. The molecule has 0 aliphatic carbocycles. The van der Waals surface area contributed by atoms with Gasteiger partial charge in [0.05, 0.1) is 13.1 Å². The number of aryl methyl sites for hydroxylation is 1. The van der Waals surface area contributed by atoms with Crippen molar-refractivity contribution in [3.8, 4) is 0 Å². The van der Waals surface area contributed by atoms with Crippen molar-refractivity contribution >= 4 is 5.91 Å². The molecule has 1 heterocycles. The van der Waals surface area contributed by atoms with Crippen molar-refractivity contribution in [1.82, 2.24) is 25.4 Å². The smallest absolute Gasteiger partial charge is 0.234 e. The van der Waals surface area contributed by atoms with E-state index in [1.54, 1.807) is 6.33 Å². The fourth-order valence-corrected chi connectivity index (χ4v) is 1.33. The van der Waals surface area contributed by atoms with Gasteiger partial charge in [-0.15, -0.1) is 10.2 Å². The van der Waals surface area contributed by atoms with Gasteiger partial charge in [0.25, 0.3) is 0 Å². The first kappa shape index (κ1) is 13.6. The number of rotatable bonds is 7. The molecule has 0 saturated heterocycles. The third kappa shape index (κ3) is 4.52. The number of carbonyl (C=O) groups excluding carboxylic acids is 1. The van der Waals surface area contributed by atoms with Crippen molar-refractivity contribution in [3.05, 3.63) is 12.2 Å². The summed E-state index contributed by atoms with van der Waals surface area (Å²) >= 11 is 0. The van der Waals surface area contributed by atoms with Crippen LogP contribution in [-0.4, -0.2) is 33.3 Å². The van der Waals surface area contributed by atoms with Crippen LogP contribution in [0.3, 0.4) is 0 Å². The molecule has 6 heteroatoms. The number of hydrogen-bond donors (Lipinski definition) is 2. The topological polar surface area (TPSA) is 71.8 Å². The number of nitrogens with one attached hydrogen (secondary N) is 2. The van der Waals surface area contributed by atoms with Crippen LogP contribution in [0.1, 0.15) is 33.0 Å². The Labute approximate surface area is 102 Å². The van der Waals surface area contributed by atoms with Gasteiger partial charge in [0.15, 0.2) is 5.82 Å². The lowest BCUT2D eigenvalue weighted by atomic mass is 10.2. The zero-order valence-electron chi connectivity index (χ0n) is 10.7. The molecule has 6 nitrogen and oxygen atoms in total. The molecule has 0 saturated carbocycles. The number of aromatic nitrogens is 3. The Kier molecular flexibility index (Phi) is 5.62. The Morgan fingerprint density at radius 1 is 1.53 bits per heavy atom. The molecule has 0 aromatic carbocycles. The van der Waals surface area contributed by atoms with E-state index in [4.69, 9.17) is 0 Å². The summed E-state index contributed by atoms with van der Waals surface area (Å²) in [7, 11) is 0. The van der Waals surface area contributed by atoms with Gasteiger partial charge in [0.2, 0.25) is 5.91 Å². The van der Waals surface area contributed by atoms with E-state index in [1.807, 2.05) is 11.5 Å². The van der Waals surface area contributed by atoms with E-state index < -0.39 is 0 Å². The van der Waals surface area contributed by atoms with Crippen LogP contribution in [0.15, 0.2) is 6.33 Å². The first-order valence-corrected chi connectivity index (χ1v) is 6.04. The monoisotopic (exact) mass is 239 g/mol. The van der Waals surface area contributed by atoms with Crippen LogP contribution >= 0.6 is 0 Å². The fourth-order valence-electron chi connectivity index (χ4n) is 1.33. The van der Waals surface area contributed by atoms with E-state index in [1.165, 1.54) is 0 Å². The summed E-state index contributed by atoms with van der Waals surface area (Å²) in [6.07, 6.45) is 2.68. The highest BCUT2D eigenvalue weighted by atomic mass is 16.1. The molecular formula is C11H21N5O. The van der Waals surface area contributed by atoms with Crippen LogP contribution in [0.2, 0.25) is 0 Å². The Bertz CT molecular complexity index is 349. The molecule has 0 aliphatic heterocycles. The number of carbonyl (C=O) groups is 1. The summed E-state index contributed by atoms with van der Waals surface area (Å²) in [4.78, 5) is 11.5. The first-order valence-electron chi connectivity index (χ1n) is 6.04. The van der Waals surface area contributed by atoms with Crippen molar-refractivity contribution in [2.24, 2.45) is 0 Å². The number of nitrogens with zero attached hydrogens (tertiary/aromatic N) is 3. The van der Waals surface area contributed by atoms with Gasteiger partial charge in [-0.3, -0.25) is 4.79 Å². The molecule has 0 spiro atoms. The maximum Gasteiger partial charge on any atom is 0.234 e. The molecule has 1 atom stereocenters. The van der Waals surface area contributed by atoms with E-state index in [0.717, 1.165) is 18.8 Å². The lowest BCUT2D eigenvalue weighted by Gasteiger charge is -2.11. The maximum atomic E-state index is 11.5. The van der Waals surface area contributed by atoms with Gasteiger partial charge in [-0.2, -0.15) is 0 Å². The molecule has 1 rings (SSSR count). The van der Waals surface area contributed by atoms with Crippen LogP contribution < -0.4 is 10.6 Å². The summed E-state index contributed by atoms with van der Waals surface area (Å²) in [5, 5.41) is 13.7. The Hall–Kier alpha value is -1.43. The average molecular weight is 239 g/mol. The average Bonchev–Trinajstić information content (AvgIpc) is 2.80. The molecule has 0 bridgehead atoms. The fraction of sp³-hybridized carbons (Fsp3) is 0.727. The van der Waals surface area contributed by atoms with Crippen LogP contribution in [0.4, 0.5) is 0 Å². The minimum Gasteiger partial charge on any atom is -0.348 e. The van der Waals surface area contributed by atoms with Crippen molar-refractivity contribution in [2.75, 3.05) is 6.54 Å². The van der Waals surface area contributed by atoms with E-state index in [0.29, 0.717) is 19.1 Å². The molecule has 0 aliphatic rings. The van der Waals surface area contributed by atoms with E-state index >= 15 is 0 Å². The van der Waals surface area contributed by atoms with Crippen molar-refractivity contribution in [3.63, 3.8) is 0 Å². The highest BCUT2D eigenvalue weighted by Crippen LogP contribution is 1.93.